The van der Waals surface area contributed by atoms with Crippen molar-refractivity contribution in [3.8, 4) is 0 Å². The highest BCUT2D eigenvalue weighted by molar-refractivity contribution is 7.89. The lowest BCUT2D eigenvalue weighted by Gasteiger charge is -2.33. The number of hydrogen-bond donors (Lipinski definition) is 1. The highest BCUT2D eigenvalue weighted by Gasteiger charge is 2.33. The highest BCUT2D eigenvalue weighted by atomic mass is 32.2. The third kappa shape index (κ3) is 3.22. The van der Waals surface area contributed by atoms with Crippen molar-refractivity contribution in [2.75, 3.05) is 13.1 Å². The van der Waals surface area contributed by atoms with Gasteiger partial charge in [0.15, 0.2) is 11.6 Å². The van der Waals surface area contributed by atoms with Crippen LogP contribution in [0.25, 0.3) is 0 Å². The Morgan fingerprint density at radius 2 is 1.86 bits per heavy atom. The van der Waals surface area contributed by atoms with Gasteiger partial charge in [0.25, 0.3) is 0 Å². The van der Waals surface area contributed by atoms with Gasteiger partial charge in [0.05, 0.1) is 0 Å². The largest absolute Gasteiger partial charge is 0.328 e. The first kappa shape index (κ1) is 16.3. The van der Waals surface area contributed by atoms with E-state index in [1.807, 2.05) is 0 Å². The summed E-state index contributed by atoms with van der Waals surface area (Å²) in [6, 6.07) is 0.433. The van der Waals surface area contributed by atoms with Crippen molar-refractivity contribution in [3.63, 3.8) is 0 Å². The molecule has 0 bridgehead atoms. The summed E-state index contributed by atoms with van der Waals surface area (Å²) in [7, 11) is -4.20. The van der Waals surface area contributed by atoms with Crippen LogP contribution in [0.5, 0.6) is 0 Å². The van der Waals surface area contributed by atoms with Crippen molar-refractivity contribution in [2.45, 2.75) is 30.7 Å². The fraction of sp³-hybridized carbons (Fsp3) is 0.538. The van der Waals surface area contributed by atoms with Gasteiger partial charge < -0.3 is 5.73 Å². The molecule has 4 nitrogen and oxygen atoms in total. The second-order valence-corrected chi connectivity index (χ2v) is 7.23. The average molecular weight is 322 g/mol. The van der Waals surface area contributed by atoms with Crippen LogP contribution in [-0.4, -0.2) is 31.9 Å². The molecule has 0 amide bonds. The number of piperidine rings is 1. The Balaban J connectivity index is 2.36. The summed E-state index contributed by atoms with van der Waals surface area (Å²) >= 11 is 0. The fourth-order valence-corrected chi connectivity index (χ4v) is 4.06. The Labute approximate surface area is 121 Å². The molecule has 1 aromatic carbocycles. The second-order valence-electron chi connectivity index (χ2n) is 5.32. The van der Waals surface area contributed by atoms with Gasteiger partial charge in [-0.15, -0.1) is 0 Å². The van der Waals surface area contributed by atoms with E-state index in [-0.39, 0.29) is 31.1 Å². The first-order chi connectivity index (χ1) is 9.73. The molecule has 1 saturated heterocycles. The van der Waals surface area contributed by atoms with Crippen molar-refractivity contribution in [3.05, 3.63) is 29.6 Å². The SMILES string of the molecule is CC(N)C1CCCN(S(=O)(=O)c2cc(F)c(F)cc2F)C1. The number of hydrogen-bond acceptors (Lipinski definition) is 3. The van der Waals surface area contributed by atoms with Crippen LogP contribution < -0.4 is 5.73 Å². The predicted octanol–water partition coefficient (Wildman–Crippen LogP) is 1.85. The fourth-order valence-electron chi connectivity index (χ4n) is 2.46. The zero-order chi connectivity index (χ0) is 15.8. The summed E-state index contributed by atoms with van der Waals surface area (Å²) in [5.41, 5.74) is 5.78. The molecule has 8 heteroatoms. The first-order valence-corrected chi connectivity index (χ1v) is 8.07. The highest BCUT2D eigenvalue weighted by Crippen LogP contribution is 2.27. The van der Waals surface area contributed by atoms with Crippen LogP contribution in [0, 0.1) is 23.4 Å². The van der Waals surface area contributed by atoms with Crippen LogP contribution in [0.1, 0.15) is 19.8 Å². The standard InChI is InChI=1S/C13H17F3N2O2S/c1-8(17)9-3-2-4-18(7-9)21(19,20)13-6-11(15)10(14)5-12(13)16/h5-6,8-9H,2-4,7,17H2,1H3. The molecule has 0 spiro atoms. The van der Waals surface area contributed by atoms with Crippen molar-refractivity contribution < 1.29 is 21.6 Å². The van der Waals surface area contributed by atoms with E-state index in [0.29, 0.717) is 12.5 Å². The molecule has 1 aliphatic heterocycles. The Kier molecular flexibility index (Phi) is 4.60. The summed E-state index contributed by atoms with van der Waals surface area (Å²) in [4.78, 5) is -0.841. The molecule has 1 aromatic rings. The van der Waals surface area contributed by atoms with Crippen molar-refractivity contribution in [2.24, 2.45) is 11.7 Å². The third-order valence-electron chi connectivity index (χ3n) is 3.76. The van der Waals surface area contributed by atoms with Gasteiger partial charge in [-0.3, -0.25) is 0 Å². The van der Waals surface area contributed by atoms with E-state index < -0.39 is 32.4 Å². The molecule has 1 heterocycles. The molecule has 21 heavy (non-hydrogen) atoms. The summed E-state index contributed by atoms with van der Waals surface area (Å²) < 4.78 is 65.7. The maximum absolute atomic E-state index is 13.7. The molecule has 2 rings (SSSR count). The lowest BCUT2D eigenvalue weighted by Crippen LogP contribution is -2.45. The summed E-state index contributed by atoms with van der Waals surface area (Å²) in [6.45, 7) is 2.14. The van der Waals surface area contributed by atoms with Gasteiger partial charge in [0.2, 0.25) is 10.0 Å². The van der Waals surface area contributed by atoms with E-state index in [1.54, 1.807) is 6.92 Å². The molecule has 0 saturated carbocycles. The Morgan fingerprint density at radius 3 is 2.48 bits per heavy atom. The van der Waals surface area contributed by atoms with E-state index in [9.17, 15) is 21.6 Å². The molecule has 2 N–H and O–H groups in total. The Bertz CT molecular complexity index is 635. The molecule has 2 atom stereocenters. The number of sulfonamides is 1. The quantitative estimate of drug-likeness (QED) is 0.864. The Morgan fingerprint density at radius 1 is 1.24 bits per heavy atom. The molecular formula is C13H17F3N2O2S. The van der Waals surface area contributed by atoms with Crippen molar-refractivity contribution >= 4 is 10.0 Å². The molecular weight excluding hydrogens is 305 g/mol. The van der Waals surface area contributed by atoms with Gasteiger partial charge in [-0.1, -0.05) is 0 Å². The smallest absolute Gasteiger partial charge is 0.246 e. The second kappa shape index (κ2) is 5.94. The van der Waals surface area contributed by atoms with E-state index in [0.717, 1.165) is 10.7 Å². The van der Waals surface area contributed by atoms with E-state index in [4.69, 9.17) is 5.73 Å². The zero-order valence-electron chi connectivity index (χ0n) is 11.5. The maximum Gasteiger partial charge on any atom is 0.246 e. The van der Waals surface area contributed by atoms with Crippen LogP contribution in [0.15, 0.2) is 17.0 Å². The first-order valence-electron chi connectivity index (χ1n) is 6.63. The van der Waals surface area contributed by atoms with E-state index in [1.165, 1.54) is 0 Å². The minimum atomic E-state index is -4.20. The molecule has 1 fully saturated rings. The lowest BCUT2D eigenvalue weighted by atomic mass is 9.93. The molecule has 118 valence electrons. The molecule has 0 radical (unpaired) electrons. The van der Waals surface area contributed by atoms with Crippen LogP contribution in [0.4, 0.5) is 13.2 Å². The lowest BCUT2D eigenvalue weighted by molar-refractivity contribution is 0.242. The van der Waals surface area contributed by atoms with Gasteiger partial charge in [-0.05, 0) is 31.7 Å². The number of nitrogens with zero attached hydrogens (tertiary/aromatic N) is 1. The van der Waals surface area contributed by atoms with Gasteiger partial charge in [-0.2, -0.15) is 4.31 Å². The van der Waals surface area contributed by atoms with Crippen molar-refractivity contribution in [1.29, 1.82) is 0 Å². The van der Waals surface area contributed by atoms with Crippen molar-refractivity contribution in [1.82, 2.24) is 4.31 Å². The zero-order valence-corrected chi connectivity index (χ0v) is 12.3. The molecule has 1 aliphatic rings. The summed E-state index contributed by atoms with van der Waals surface area (Å²) in [5.74, 6) is -4.15. The molecule has 0 aliphatic carbocycles. The van der Waals surface area contributed by atoms with Crippen LogP contribution >= 0.6 is 0 Å². The van der Waals surface area contributed by atoms with Crippen LogP contribution in [-0.2, 0) is 10.0 Å². The minimum absolute atomic E-state index is 0.0399. The van der Waals surface area contributed by atoms with Gasteiger partial charge >= 0.3 is 0 Å². The van der Waals surface area contributed by atoms with Gasteiger partial charge in [0.1, 0.15) is 10.7 Å². The van der Waals surface area contributed by atoms with Crippen LogP contribution in [0.2, 0.25) is 0 Å². The number of halogens is 3. The third-order valence-corrected chi connectivity index (χ3v) is 5.64. The van der Waals surface area contributed by atoms with Gasteiger partial charge in [0, 0.05) is 25.2 Å². The average Bonchev–Trinajstić information content (AvgIpc) is 2.42. The summed E-state index contributed by atoms with van der Waals surface area (Å²) in [5, 5.41) is 0. The molecule has 2 unspecified atom stereocenters. The topological polar surface area (TPSA) is 63.4 Å². The Hall–Kier alpha value is -1.12. The summed E-state index contributed by atoms with van der Waals surface area (Å²) in [6.07, 6.45) is 1.38. The molecule has 0 aromatic heterocycles. The van der Waals surface area contributed by atoms with E-state index >= 15 is 0 Å². The number of benzene rings is 1. The minimum Gasteiger partial charge on any atom is -0.328 e. The monoisotopic (exact) mass is 322 g/mol. The van der Waals surface area contributed by atoms with Crippen LogP contribution in [0.3, 0.4) is 0 Å². The maximum atomic E-state index is 13.7. The number of rotatable bonds is 3. The van der Waals surface area contributed by atoms with E-state index in [2.05, 4.69) is 0 Å². The van der Waals surface area contributed by atoms with Gasteiger partial charge in [-0.25, -0.2) is 21.6 Å². The number of nitrogens with two attached hydrogens (primary N) is 1. The predicted molar refractivity (Wildman–Crippen MR) is 71.4 cm³/mol. The normalized spacial score (nSPS) is 22.2.